The number of para-hydroxylation sites is 2. The van der Waals surface area contributed by atoms with E-state index in [1.807, 2.05) is 62.4 Å². The van der Waals surface area contributed by atoms with Crippen LogP contribution in [0.3, 0.4) is 0 Å². The first-order chi connectivity index (χ1) is 12.6. The largest absolute Gasteiger partial charge is 0.378 e. The molecule has 0 aliphatic carbocycles. The summed E-state index contributed by atoms with van der Waals surface area (Å²) in [4.78, 5) is 14.9. The van der Waals surface area contributed by atoms with Crippen molar-refractivity contribution in [1.29, 1.82) is 0 Å². The summed E-state index contributed by atoms with van der Waals surface area (Å²) in [5.74, 6) is -0.109. The quantitative estimate of drug-likeness (QED) is 0.859. The first-order valence-electron chi connectivity index (χ1n) is 9.07. The smallest absolute Gasteiger partial charge is 0.255 e. The van der Waals surface area contributed by atoms with Gasteiger partial charge in [0, 0.05) is 18.7 Å². The number of carbonyl (C=O) groups excluding carboxylic acids is 1. The minimum absolute atomic E-state index is 0.109. The number of hydrogen-bond donors (Lipinski definition) is 1. The molecule has 1 fully saturated rings. The van der Waals surface area contributed by atoms with Crippen molar-refractivity contribution in [3.05, 3.63) is 59.7 Å². The van der Waals surface area contributed by atoms with Gasteiger partial charge in [0.05, 0.1) is 37.3 Å². The average Bonchev–Trinajstić information content (AvgIpc) is 2.68. The molecule has 3 rings (SSSR count). The van der Waals surface area contributed by atoms with E-state index in [4.69, 9.17) is 9.47 Å². The monoisotopic (exact) mass is 354 g/mol. The van der Waals surface area contributed by atoms with E-state index in [0.29, 0.717) is 25.4 Å². The molecule has 2 aromatic rings. The number of nitrogens with zero attached hydrogens (tertiary/aromatic N) is 1. The van der Waals surface area contributed by atoms with E-state index in [1.165, 1.54) is 0 Å². The molecule has 1 N–H and O–H groups in total. The Balaban J connectivity index is 1.68. The zero-order valence-corrected chi connectivity index (χ0v) is 15.4. The molecule has 0 aromatic heterocycles. The number of morpholine rings is 1. The number of hydrogen-bond acceptors (Lipinski definition) is 4. The second kappa shape index (κ2) is 8.83. The first-order valence-corrected chi connectivity index (χ1v) is 9.07. The Bertz CT molecular complexity index is 722. The van der Waals surface area contributed by atoms with Crippen LogP contribution in [-0.2, 0) is 16.1 Å². The fraction of sp³-hybridized carbons (Fsp3) is 0.381. The van der Waals surface area contributed by atoms with Crippen LogP contribution in [0.4, 0.5) is 11.4 Å². The van der Waals surface area contributed by atoms with Gasteiger partial charge >= 0.3 is 0 Å². The van der Waals surface area contributed by atoms with Gasteiger partial charge in [0.25, 0.3) is 5.91 Å². The normalized spacial score (nSPS) is 14.5. The second-order valence-electron chi connectivity index (χ2n) is 6.63. The number of ether oxygens (including phenoxy) is 2. The standard InChI is InChI=1S/C21H26N2O3/c1-16(2)26-15-17-7-9-18(10-8-17)21(24)22-19-5-3-4-6-20(19)23-11-13-25-14-12-23/h3-10,16H,11-15H2,1-2H3,(H,22,24). The van der Waals surface area contributed by atoms with Gasteiger partial charge in [0.15, 0.2) is 0 Å². The zero-order chi connectivity index (χ0) is 18.4. The summed E-state index contributed by atoms with van der Waals surface area (Å²) < 4.78 is 11.0. The van der Waals surface area contributed by atoms with Crippen molar-refractivity contribution in [2.24, 2.45) is 0 Å². The molecule has 1 heterocycles. The summed E-state index contributed by atoms with van der Waals surface area (Å²) in [5.41, 5.74) is 3.55. The van der Waals surface area contributed by atoms with Crippen LogP contribution in [-0.4, -0.2) is 38.3 Å². The highest BCUT2D eigenvalue weighted by atomic mass is 16.5. The van der Waals surface area contributed by atoms with Crippen LogP contribution in [0, 0.1) is 0 Å². The molecule has 0 saturated carbocycles. The lowest BCUT2D eigenvalue weighted by atomic mass is 10.1. The van der Waals surface area contributed by atoms with Crippen LogP contribution in [0.2, 0.25) is 0 Å². The fourth-order valence-corrected chi connectivity index (χ4v) is 2.87. The average molecular weight is 354 g/mol. The third-order valence-corrected chi connectivity index (χ3v) is 4.30. The van der Waals surface area contributed by atoms with Gasteiger partial charge in [-0.2, -0.15) is 0 Å². The summed E-state index contributed by atoms with van der Waals surface area (Å²) in [5, 5.41) is 3.04. The Hall–Kier alpha value is -2.37. The third-order valence-electron chi connectivity index (χ3n) is 4.30. The Morgan fingerprint density at radius 2 is 1.81 bits per heavy atom. The molecule has 26 heavy (non-hydrogen) atoms. The van der Waals surface area contributed by atoms with Crippen molar-refractivity contribution in [2.45, 2.75) is 26.6 Å². The highest BCUT2D eigenvalue weighted by molar-refractivity contribution is 6.06. The van der Waals surface area contributed by atoms with E-state index < -0.39 is 0 Å². The number of anilines is 2. The van der Waals surface area contributed by atoms with Gasteiger partial charge in [0.1, 0.15) is 0 Å². The summed E-state index contributed by atoms with van der Waals surface area (Å²) >= 11 is 0. The van der Waals surface area contributed by atoms with E-state index in [1.54, 1.807) is 0 Å². The van der Waals surface area contributed by atoms with E-state index in [0.717, 1.165) is 30.0 Å². The highest BCUT2D eigenvalue weighted by Crippen LogP contribution is 2.26. The third kappa shape index (κ3) is 4.84. The van der Waals surface area contributed by atoms with Crippen LogP contribution in [0.5, 0.6) is 0 Å². The van der Waals surface area contributed by atoms with Crippen LogP contribution < -0.4 is 10.2 Å². The van der Waals surface area contributed by atoms with E-state index in [2.05, 4.69) is 10.2 Å². The molecule has 0 atom stereocenters. The molecule has 1 aliphatic heterocycles. The number of amides is 1. The van der Waals surface area contributed by atoms with Gasteiger partial charge in [-0.3, -0.25) is 4.79 Å². The Morgan fingerprint density at radius 3 is 2.50 bits per heavy atom. The molecular weight excluding hydrogens is 328 g/mol. The Morgan fingerprint density at radius 1 is 1.12 bits per heavy atom. The fourth-order valence-electron chi connectivity index (χ4n) is 2.87. The predicted molar refractivity (Wildman–Crippen MR) is 104 cm³/mol. The number of carbonyl (C=O) groups is 1. The van der Waals surface area contributed by atoms with Gasteiger partial charge in [-0.1, -0.05) is 24.3 Å². The Kier molecular flexibility index (Phi) is 6.26. The maximum Gasteiger partial charge on any atom is 0.255 e. The Labute approximate surface area is 154 Å². The minimum Gasteiger partial charge on any atom is -0.378 e. The topological polar surface area (TPSA) is 50.8 Å². The molecule has 0 bridgehead atoms. The zero-order valence-electron chi connectivity index (χ0n) is 15.4. The SMILES string of the molecule is CC(C)OCc1ccc(C(=O)Nc2ccccc2N2CCOCC2)cc1. The summed E-state index contributed by atoms with van der Waals surface area (Å²) in [6.45, 7) is 7.65. The lowest BCUT2D eigenvalue weighted by molar-refractivity contribution is 0.0657. The molecule has 0 radical (unpaired) electrons. The van der Waals surface area contributed by atoms with E-state index in [-0.39, 0.29) is 12.0 Å². The minimum atomic E-state index is -0.109. The van der Waals surface area contributed by atoms with Crippen LogP contribution in [0.15, 0.2) is 48.5 Å². The van der Waals surface area contributed by atoms with Gasteiger partial charge in [-0.15, -0.1) is 0 Å². The van der Waals surface area contributed by atoms with Gasteiger partial charge in [0.2, 0.25) is 0 Å². The van der Waals surface area contributed by atoms with Gasteiger partial charge < -0.3 is 19.7 Å². The molecule has 0 spiro atoms. The van der Waals surface area contributed by atoms with Crippen LogP contribution in [0.1, 0.15) is 29.8 Å². The van der Waals surface area contributed by atoms with Crippen molar-refractivity contribution in [3.8, 4) is 0 Å². The van der Waals surface area contributed by atoms with E-state index in [9.17, 15) is 4.79 Å². The van der Waals surface area contributed by atoms with Crippen molar-refractivity contribution in [2.75, 3.05) is 36.5 Å². The van der Waals surface area contributed by atoms with E-state index >= 15 is 0 Å². The highest BCUT2D eigenvalue weighted by Gasteiger charge is 2.16. The van der Waals surface area contributed by atoms with Gasteiger partial charge in [-0.25, -0.2) is 0 Å². The predicted octanol–water partition coefficient (Wildman–Crippen LogP) is 3.70. The molecule has 2 aromatic carbocycles. The molecule has 138 valence electrons. The number of benzene rings is 2. The number of rotatable bonds is 6. The summed E-state index contributed by atoms with van der Waals surface area (Å²) in [6.07, 6.45) is 0.190. The summed E-state index contributed by atoms with van der Waals surface area (Å²) in [6, 6.07) is 15.4. The van der Waals surface area contributed by atoms with Gasteiger partial charge in [-0.05, 0) is 43.7 Å². The summed E-state index contributed by atoms with van der Waals surface area (Å²) in [7, 11) is 0. The molecule has 1 aliphatic rings. The van der Waals surface area contributed by atoms with Crippen LogP contribution in [0.25, 0.3) is 0 Å². The molecule has 5 heteroatoms. The molecular formula is C21H26N2O3. The van der Waals surface area contributed by atoms with Crippen molar-refractivity contribution in [3.63, 3.8) is 0 Å². The first kappa shape index (κ1) is 18.4. The van der Waals surface area contributed by atoms with Crippen molar-refractivity contribution in [1.82, 2.24) is 0 Å². The number of nitrogens with one attached hydrogen (secondary N) is 1. The lowest BCUT2D eigenvalue weighted by Gasteiger charge is -2.30. The molecule has 1 amide bonds. The maximum atomic E-state index is 12.6. The molecule has 5 nitrogen and oxygen atoms in total. The maximum absolute atomic E-state index is 12.6. The van der Waals surface area contributed by atoms with Crippen molar-refractivity contribution < 1.29 is 14.3 Å². The van der Waals surface area contributed by atoms with Crippen molar-refractivity contribution >= 4 is 17.3 Å². The van der Waals surface area contributed by atoms with Crippen LogP contribution >= 0.6 is 0 Å². The second-order valence-corrected chi connectivity index (χ2v) is 6.63. The molecule has 0 unspecified atom stereocenters. The molecule has 1 saturated heterocycles. The lowest BCUT2D eigenvalue weighted by Crippen LogP contribution is -2.36.